The molecular formula is C27H27N3O2. The second-order valence-electron chi connectivity index (χ2n) is 8.07. The summed E-state index contributed by atoms with van der Waals surface area (Å²) < 4.78 is 7.21. The Morgan fingerprint density at radius 1 is 0.969 bits per heavy atom. The average molecular weight is 426 g/mol. The van der Waals surface area contributed by atoms with Crippen LogP contribution in [0.15, 0.2) is 78.9 Å². The van der Waals surface area contributed by atoms with Crippen molar-refractivity contribution in [2.45, 2.75) is 26.2 Å². The van der Waals surface area contributed by atoms with Crippen molar-refractivity contribution in [1.82, 2.24) is 9.78 Å². The van der Waals surface area contributed by atoms with Crippen LogP contribution in [0.2, 0.25) is 0 Å². The van der Waals surface area contributed by atoms with E-state index in [0.29, 0.717) is 6.42 Å². The van der Waals surface area contributed by atoms with Crippen LogP contribution in [-0.4, -0.2) is 22.8 Å². The van der Waals surface area contributed by atoms with Crippen molar-refractivity contribution in [2.75, 3.05) is 7.11 Å². The van der Waals surface area contributed by atoms with Gasteiger partial charge < -0.3 is 10.5 Å². The molecule has 0 aliphatic carbocycles. The van der Waals surface area contributed by atoms with E-state index in [1.54, 1.807) is 7.11 Å². The third-order valence-corrected chi connectivity index (χ3v) is 5.63. The number of aryl methyl sites for hydroxylation is 2. The molecule has 5 heteroatoms. The van der Waals surface area contributed by atoms with E-state index >= 15 is 0 Å². The van der Waals surface area contributed by atoms with Gasteiger partial charge in [0.1, 0.15) is 5.75 Å². The maximum absolute atomic E-state index is 12.3. The third-order valence-electron chi connectivity index (χ3n) is 5.63. The minimum absolute atomic E-state index is 0.355. The molecule has 32 heavy (non-hydrogen) atoms. The molecule has 0 fully saturated rings. The monoisotopic (exact) mass is 425 g/mol. The van der Waals surface area contributed by atoms with E-state index in [-0.39, 0.29) is 5.91 Å². The zero-order chi connectivity index (χ0) is 22.7. The number of ether oxygens (including phenoxy) is 1. The molecule has 2 N–H and O–H groups in total. The summed E-state index contributed by atoms with van der Waals surface area (Å²) in [7, 11) is 1.65. The molecule has 1 heterocycles. The first-order valence-corrected chi connectivity index (χ1v) is 10.6. The van der Waals surface area contributed by atoms with Crippen molar-refractivity contribution in [3.63, 3.8) is 0 Å². The summed E-state index contributed by atoms with van der Waals surface area (Å²) in [5.74, 6) is -0.0160. The third kappa shape index (κ3) is 4.57. The summed E-state index contributed by atoms with van der Waals surface area (Å²) in [6.07, 6.45) is 0.431. The second-order valence-corrected chi connectivity index (χ2v) is 8.07. The van der Waals surface area contributed by atoms with E-state index in [0.717, 1.165) is 39.5 Å². The van der Waals surface area contributed by atoms with Gasteiger partial charge in [0.25, 0.3) is 0 Å². The predicted octanol–water partition coefficient (Wildman–Crippen LogP) is 4.98. The van der Waals surface area contributed by atoms with E-state index in [4.69, 9.17) is 15.6 Å². The second kappa shape index (κ2) is 9.10. The summed E-state index contributed by atoms with van der Waals surface area (Å²) in [6, 6.07) is 26.1. The van der Waals surface area contributed by atoms with Crippen LogP contribution in [-0.2, 0) is 11.2 Å². The van der Waals surface area contributed by atoms with Gasteiger partial charge in [-0.05, 0) is 49.7 Å². The fourth-order valence-electron chi connectivity index (χ4n) is 3.86. The van der Waals surface area contributed by atoms with Gasteiger partial charge in [-0.3, -0.25) is 4.79 Å². The Bertz CT molecular complexity index is 1220. The number of benzene rings is 3. The van der Waals surface area contributed by atoms with E-state index < -0.39 is 5.92 Å². The first-order chi connectivity index (χ1) is 15.4. The molecule has 0 spiro atoms. The van der Waals surface area contributed by atoms with Crippen LogP contribution < -0.4 is 10.5 Å². The Balaban J connectivity index is 1.77. The smallest absolute Gasteiger partial charge is 0.225 e. The lowest BCUT2D eigenvalue weighted by Gasteiger charge is -2.13. The molecule has 1 atom stereocenters. The van der Waals surface area contributed by atoms with Crippen LogP contribution in [0, 0.1) is 13.8 Å². The Morgan fingerprint density at radius 2 is 1.69 bits per heavy atom. The number of amides is 1. The zero-order valence-electron chi connectivity index (χ0n) is 18.6. The van der Waals surface area contributed by atoms with Crippen molar-refractivity contribution in [2.24, 2.45) is 5.73 Å². The summed E-state index contributed by atoms with van der Waals surface area (Å²) >= 11 is 0. The highest BCUT2D eigenvalue weighted by atomic mass is 16.5. The van der Waals surface area contributed by atoms with E-state index in [1.165, 1.54) is 5.56 Å². The molecular weight excluding hydrogens is 398 g/mol. The van der Waals surface area contributed by atoms with Crippen LogP contribution in [0.4, 0.5) is 0 Å². The van der Waals surface area contributed by atoms with E-state index in [1.807, 2.05) is 66.2 Å². The molecule has 1 aromatic heterocycles. The van der Waals surface area contributed by atoms with Crippen molar-refractivity contribution < 1.29 is 9.53 Å². The molecule has 5 nitrogen and oxygen atoms in total. The van der Waals surface area contributed by atoms with Gasteiger partial charge in [-0.1, -0.05) is 59.7 Å². The molecule has 0 radical (unpaired) electrons. The van der Waals surface area contributed by atoms with Crippen LogP contribution in [0.5, 0.6) is 5.75 Å². The number of methoxy groups -OCH3 is 1. The minimum atomic E-state index is -0.444. The summed E-state index contributed by atoms with van der Waals surface area (Å²) in [5.41, 5.74) is 12.7. The summed E-state index contributed by atoms with van der Waals surface area (Å²) in [5, 5.41) is 4.87. The lowest BCUT2D eigenvalue weighted by molar-refractivity contribution is -0.119. The maximum Gasteiger partial charge on any atom is 0.225 e. The molecule has 0 bridgehead atoms. The SMILES string of the molecule is COc1ccc(-n2nc(CC(C(N)=O)c3cccc(C)c3)cc2-c2ccc(C)cc2)cc1. The number of nitrogens with zero attached hydrogens (tertiary/aromatic N) is 2. The van der Waals surface area contributed by atoms with Gasteiger partial charge in [0.2, 0.25) is 5.91 Å². The average Bonchev–Trinajstić information content (AvgIpc) is 3.22. The standard InChI is InChI=1S/C27H27N3O2/c1-18-7-9-20(10-8-18)26-17-22(29-30(26)23-11-13-24(32-3)14-12-23)16-25(27(28)31)21-6-4-5-19(2)15-21/h4-15,17,25H,16H2,1-3H3,(H2,28,31). The summed E-state index contributed by atoms with van der Waals surface area (Å²) in [4.78, 5) is 12.3. The maximum atomic E-state index is 12.3. The Morgan fingerprint density at radius 3 is 2.31 bits per heavy atom. The number of hydrogen-bond acceptors (Lipinski definition) is 3. The Labute approximate surface area is 188 Å². The van der Waals surface area contributed by atoms with Gasteiger partial charge in [0.05, 0.1) is 30.1 Å². The molecule has 0 saturated heterocycles. The minimum Gasteiger partial charge on any atom is -0.497 e. The van der Waals surface area contributed by atoms with Gasteiger partial charge in [0.15, 0.2) is 0 Å². The van der Waals surface area contributed by atoms with Crippen LogP contribution >= 0.6 is 0 Å². The lowest BCUT2D eigenvalue weighted by atomic mass is 9.92. The lowest BCUT2D eigenvalue weighted by Crippen LogP contribution is -2.23. The van der Waals surface area contributed by atoms with E-state index in [9.17, 15) is 4.79 Å². The topological polar surface area (TPSA) is 70.1 Å². The number of carbonyl (C=O) groups excluding carboxylic acids is 1. The molecule has 0 aliphatic rings. The predicted molar refractivity (Wildman–Crippen MR) is 127 cm³/mol. The molecule has 1 amide bonds. The van der Waals surface area contributed by atoms with Gasteiger partial charge in [0, 0.05) is 12.0 Å². The van der Waals surface area contributed by atoms with Crippen molar-refractivity contribution in [3.8, 4) is 22.7 Å². The van der Waals surface area contributed by atoms with Crippen molar-refractivity contribution in [3.05, 3.63) is 101 Å². The normalized spacial score (nSPS) is 11.8. The van der Waals surface area contributed by atoms with Gasteiger partial charge in [-0.2, -0.15) is 5.10 Å². The molecule has 3 aromatic carbocycles. The number of primary amides is 1. The first kappa shape index (κ1) is 21.4. The molecule has 4 aromatic rings. The molecule has 1 unspecified atom stereocenters. The highest BCUT2D eigenvalue weighted by Gasteiger charge is 2.22. The van der Waals surface area contributed by atoms with Gasteiger partial charge >= 0.3 is 0 Å². The number of carbonyl (C=O) groups is 1. The quantitative estimate of drug-likeness (QED) is 0.454. The molecule has 0 aliphatic heterocycles. The molecule has 4 rings (SSSR count). The Kier molecular flexibility index (Phi) is 6.08. The first-order valence-electron chi connectivity index (χ1n) is 10.6. The van der Waals surface area contributed by atoms with E-state index in [2.05, 4.69) is 31.2 Å². The van der Waals surface area contributed by atoms with Gasteiger partial charge in [-0.15, -0.1) is 0 Å². The molecule has 162 valence electrons. The van der Waals surface area contributed by atoms with Crippen molar-refractivity contribution in [1.29, 1.82) is 0 Å². The summed E-state index contributed by atoms with van der Waals surface area (Å²) in [6.45, 7) is 4.07. The highest BCUT2D eigenvalue weighted by Crippen LogP contribution is 2.28. The zero-order valence-corrected chi connectivity index (χ0v) is 18.6. The number of aromatic nitrogens is 2. The number of rotatable bonds is 7. The largest absolute Gasteiger partial charge is 0.497 e. The van der Waals surface area contributed by atoms with Crippen LogP contribution in [0.3, 0.4) is 0 Å². The van der Waals surface area contributed by atoms with Crippen LogP contribution in [0.1, 0.15) is 28.3 Å². The molecule has 0 saturated carbocycles. The van der Waals surface area contributed by atoms with Gasteiger partial charge in [-0.25, -0.2) is 4.68 Å². The Hall–Kier alpha value is -3.86. The number of nitrogens with two attached hydrogens (primary N) is 1. The van der Waals surface area contributed by atoms with Crippen LogP contribution in [0.25, 0.3) is 16.9 Å². The highest BCUT2D eigenvalue weighted by molar-refractivity contribution is 5.82. The number of hydrogen-bond donors (Lipinski definition) is 1. The fraction of sp³-hybridized carbons (Fsp3) is 0.185. The van der Waals surface area contributed by atoms with Crippen molar-refractivity contribution >= 4 is 5.91 Å². The fourth-order valence-corrected chi connectivity index (χ4v) is 3.86.